The molecule has 0 atom stereocenters. The van der Waals surface area contributed by atoms with Crippen LogP contribution in [0.5, 0.6) is 5.75 Å². The van der Waals surface area contributed by atoms with E-state index in [0.717, 1.165) is 5.82 Å². The second-order valence-corrected chi connectivity index (χ2v) is 3.36. The van der Waals surface area contributed by atoms with E-state index in [0.29, 0.717) is 12.0 Å². The summed E-state index contributed by atoms with van der Waals surface area (Å²) in [6, 6.07) is 4.28. The van der Waals surface area contributed by atoms with Crippen molar-refractivity contribution in [1.29, 1.82) is 0 Å². The lowest BCUT2D eigenvalue weighted by molar-refractivity contribution is 0.0696. The van der Waals surface area contributed by atoms with Crippen LogP contribution >= 0.6 is 0 Å². The Morgan fingerprint density at radius 1 is 1.44 bits per heavy atom. The summed E-state index contributed by atoms with van der Waals surface area (Å²) in [6.07, 6.45) is 3.76. The third kappa shape index (κ3) is 2.03. The number of aromatic carboxylic acids is 1. The molecule has 0 amide bonds. The lowest BCUT2D eigenvalue weighted by Gasteiger charge is -2.03. The molecule has 0 saturated heterocycles. The van der Waals surface area contributed by atoms with Crippen molar-refractivity contribution in [2.45, 2.75) is 6.42 Å². The molecular weight excluding hydrogens is 208 g/mol. The molecule has 0 radical (unpaired) electrons. The lowest BCUT2D eigenvalue weighted by atomic mass is 10.1. The Morgan fingerprint density at radius 2 is 2.25 bits per heavy atom. The van der Waals surface area contributed by atoms with Crippen molar-refractivity contribution in [2.75, 3.05) is 0 Å². The zero-order valence-corrected chi connectivity index (χ0v) is 8.34. The number of benzene rings is 1. The van der Waals surface area contributed by atoms with Gasteiger partial charge in [-0.1, -0.05) is 6.07 Å². The Labute approximate surface area is 91.4 Å². The Hall–Kier alpha value is -2.30. The van der Waals surface area contributed by atoms with Gasteiger partial charge in [0, 0.05) is 24.4 Å². The van der Waals surface area contributed by atoms with Crippen LogP contribution in [0.2, 0.25) is 0 Å². The molecule has 5 heteroatoms. The van der Waals surface area contributed by atoms with Gasteiger partial charge in [0.1, 0.15) is 11.6 Å². The molecule has 0 aliphatic carbocycles. The quantitative estimate of drug-likeness (QED) is 0.726. The van der Waals surface area contributed by atoms with E-state index >= 15 is 0 Å². The molecule has 0 spiro atoms. The zero-order valence-electron chi connectivity index (χ0n) is 8.34. The third-order valence-electron chi connectivity index (χ3n) is 2.24. The van der Waals surface area contributed by atoms with Crippen LogP contribution < -0.4 is 0 Å². The van der Waals surface area contributed by atoms with Crippen LogP contribution in [-0.4, -0.2) is 26.2 Å². The maximum Gasteiger partial charge on any atom is 0.335 e. The Morgan fingerprint density at radius 3 is 2.81 bits per heavy atom. The van der Waals surface area contributed by atoms with Crippen LogP contribution in [0.25, 0.3) is 0 Å². The van der Waals surface area contributed by atoms with Crippen LogP contribution in [0.3, 0.4) is 0 Å². The Balaban J connectivity index is 2.26. The molecule has 2 aromatic rings. The molecule has 0 bridgehead atoms. The summed E-state index contributed by atoms with van der Waals surface area (Å²) < 4.78 is 0. The van der Waals surface area contributed by atoms with E-state index in [2.05, 4.69) is 9.97 Å². The first-order valence-corrected chi connectivity index (χ1v) is 4.70. The number of phenols is 1. The van der Waals surface area contributed by atoms with Gasteiger partial charge in [-0.05, 0) is 12.1 Å². The normalized spacial score (nSPS) is 10.2. The zero-order chi connectivity index (χ0) is 11.5. The number of hydrogen-bond donors (Lipinski definition) is 3. The summed E-state index contributed by atoms with van der Waals surface area (Å²) in [5.41, 5.74) is 0.709. The fraction of sp³-hybridized carbons (Fsp3) is 0.0909. The molecule has 1 aromatic carbocycles. The molecule has 1 heterocycles. The largest absolute Gasteiger partial charge is 0.508 e. The number of imidazole rings is 1. The Bertz CT molecular complexity index is 506. The number of rotatable bonds is 3. The lowest BCUT2D eigenvalue weighted by Crippen LogP contribution is -1.98. The summed E-state index contributed by atoms with van der Waals surface area (Å²) in [6.45, 7) is 0. The second kappa shape index (κ2) is 4.06. The van der Waals surface area contributed by atoms with E-state index in [1.54, 1.807) is 18.5 Å². The van der Waals surface area contributed by atoms with E-state index < -0.39 is 5.97 Å². The number of aromatic nitrogens is 2. The topological polar surface area (TPSA) is 86.2 Å². The number of nitrogens with zero attached hydrogens (tertiary/aromatic N) is 1. The van der Waals surface area contributed by atoms with Crippen LogP contribution in [0.15, 0.2) is 30.6 Å². The average Bonchev–Trinajstić information content (AvgIpc) is 2.73. The fourth-order valence-corrected chi connectivity index (χ4v) is 1.42. The van der Waals surface area contributed by atoms with E-state index in [-0.39, 0.29) is 11.3 Å². The molecule has 82 valence electrons. The van der Waals surface area contributed by atoms with Gasteiger partial charge < -0.3 is 15.2 Å². The predicted octanol–water partition coefficient (Wildman–Crippen LogP) is 1.40. The molecular formula is C11H10N2O3. The van der Waals surface area contributed by atoms with Gasteiger partial charge in [-0.15, -0.1) is 0 Å². The number of carboxylic acids is 1. The summed E-state index contributed by atoms with van der Waals surface area (Å²) in [7, 11) is 0. The number of aromatic amines is 1. The fourth-order valence-electron chi connectivity index (χ4n) is 1.42. The number of carbonyl (C=O) groups is 1. The molecule has 0 aliphatic rings. The number of nitrogens with one attached hydrogen (secondary N) is 1. The van der Waals surface area contributed by atoms with Gasteiger partial charge in [0.15, 0.2) is 0 Å². The summed E-state index contributed by atoms with van der Waals surface area (Å²) in [5, 5.41) is 18.4. The van der Waals surface area contributed by atoms with Gasteiger partial charge in [-0.25, -0.2) is 9.78 Å². The molecule has 0 saturated carbocycles. The highest BCUT2D eigenvalue weighted by atomic mass is 16.4. The maximum atomic E-state index is 10.7. The van der Waals surface area contributed by atoms with Crippen LogP contribution in [-0.2, 0) is 6.42 Å². The standard InChI is InChI=1S/C11H10N2O3/c14-9-5-8(11(15)16)2-1-7(9)6-10-12-3-4-13-10/h1-5,14H,6H2,(H,12,13)(H,15,16). The second-order valence-electron chi connectivity index (χ2n) is 3.36. The van der Waals surface area contributed by atoms with Crippen molar-refractivity contribution in [3.05, 3.63) is 47.5 Å². The van der Waals surface area contributed by atoms with E-state index in [4.69, 9.17) is 5.11 Å². The van der Waals surface area contributed by atoms with Crippen LogP contribution in [0.4, 0.5) is 0 Å². The van der Waals surface area contributed by atoms with Crippen molar-refractivity contribution >= 4 is 5.97 Å². The minimum absolute atomic E-state index is 0.0312. The van der Waals surface area contributed by atoms with Crippen LogP contribution in [0.1, 0.15) is 21.7 Å². The highest BCUT2D eigenvalue weighted by molar-refractivity contribution is 5.88. The predicted molar refractivity (Wildman–Crippen MR) is 56.5 cm³/mol. The molecule has 0 aliphatic heterocycles. The summed E-state index contributed by atoms with van der Waals surface area (Å²) >= 11 is 0. The Kier molecular flexibility index (Phi) is 2.59. The first kappa shape index (κ1) is 10.2. The van der Waals surface area contributed by atoms with Crippen molar-refractivity contribution in [3.63, 3.8) is 0 Å². The maximum absolute atomic E-state index is 10.7. The highest BCUT2D eigenvalue weighted by Gasteiger charge is 2.08. The van der Waals surface area contributed by atoms with Crippen molar-refractivity contribution < 1.29 is 15.0 Å². The van der Waals surface area contributed by atoms with Gasteiger partial charge in [-0.3, -0.25) is 0 Å². The van der Waals surface area contributed by atoms with Gasteiger partial charge in [-0.2, -0.15) is 0 Å². The minimum atomic E-state index is -1.06. The number of H-pyrrole nitrogens is 1. The molecule has 0 fully saturated rings. The summed E-state index contributed by atoms with van der Waals surface area (Å²) in [5.74, 6) is -0.366. The average molecular weight is 218 g/mol. The molecule has 3 N–H and O–H groups in total. The number of hydrogen-bond acceptors (Lipinski definition) is 3. The van der Waals surface area contributed by atoms with Crippen molar-refractivity contribution in [3.8, 4) is 5.75 Å². The number of carboxylic acid groups (broad SMARTS) is 1. The highest BCUT2D eigenvalue weighted by Crippen LogP contribution is 2.20. The third-order valence-corrected chi connectivity index (χ3v) is 2.24. The van der Waals surface area contributed by atoms with Gasteiger partial charge in [0.05, 0.1) is 5.56 Å². The first-order valence-electron chi connectivity index (χ1n) is 4.70. The van der Waals surface area contributed by atoms with Crippen LogP contribution in [0, 0.1) is 0 Å². The molecule has 1 aromatic heterocycles. The van der Waals surface area contributed by atoms with E-state index in [1.807, 2.05) is 0 Å². The van der Waals surface area contributed by atoms with Crippen molar-refractivity contribution in [2.24, 2.45) is 0 Å². The molecule has 2 rings (SSSR count). The molecule has 5 nitrogen and oxygen atoms in total. The van der Waals surface area contributed by atoms with Crippen molar-refractivity contribution in [1.82, 2.24) is 9.97 Å². The van der Waals surface area contributed by atoms with E-state index in [1.165, 1.54) is 12.1 Å². The van der Waals surface area contributed by atoms with Gasteiger partial charge in [0.2, 0.25) is 0 Å². The SMILES string of the molecule is O=C(O)c1ccc(Cc2ncc[nH]2)c(O)c1. The van der Waals surface area contributed by atoms with E-state index in [9.17, 15) is 9.90 Å². The molecule has 16 heavy (non-hydrogen) atoms. The first-order chi connectivity index (χ1) is 7.66. The number of aromatic hydroxyl groups is 1. The van der Waals surface area contributed by atoms with Gasteiger partial charge in [0.25, 0.3) is 0 Å². The number of phenolic OH excluding ortho intramolecular Hbond substituents is 1. The molecule has 0 unspecified atom stereocenters. The smallest absolute Gasteiger partial charge is 0.335 e. The minimum Gasteiger partial charge on any atom is -0.508 e. The monoisotopic (exact) mass is 218 g/mol. The summed E-state index contributed by atoms with van der Waals surface area (Å²) in [4.78, 5) is 17.6. The van der Waals surface area contributed by atoms with Gasteiger partial charge >= 0.3 is 5.97 Å².